The number of hydrogen-bond donors (Lipinski definition) is 2. The second kappa shape index (κ2) is 8.89. The number of nitrogens with two attached hydrogens (primary N) is 1. The molecule has 1 aromatic carbocycles. The van der Waals surface area contributed by atoms with E-state index in [-0.39, 0.29) is 11.8 Å². The highest BCUT2D eigenvalue weighted by molar-refractivity contribution is 7.13. The van der Waals surface area contributed by atoms with Gasteiger partial charge in [0.1, 0.15) is 5.82 Å². The zero-order chi connectivity index (χ0) is 21.8. The molecule has 1 fully saturated rings. The zero-order valence-corrected chi connectivity index (χ0v) is 18.3. The third kappa shape index (κ3) is 4.32. The summed E-state index contributed by atoms with van der Waals surface area (Å²) >= 11 is 1.69. The normalized spacial score (nSPS) is 15.5. The molecule has 0 spiro atoms. The minimum atomic E-state index is -0.654. The van der Waals surface area contributed by atoms with Gasteiger partial charge in [-0.1, -0.05) is 30.3 Å². The van der Waals surface area contributed by atoms with E-state index in [0.717, 1.165) is 11.1 Å². The molecule has 0 bridgehead atoms. The molecule has 3 aromatic rings. The van der Waals surface area contributed by atoms with Gasteiger partial charge in [0.05, 0.1) is 5.41 Å². The molecule has 3 heterocycles. The van der Waals surface area contributed by atoms with E-state index in [2.05, 4.69) is 33.9 Å². The van der Waals surface area contributed by atoms with Crippen molar-refractivity contribution < 1.29 is 9.59 Å². The number of amides is 2. The Hall–Kier alpha value is -3.19. The Kier molecular flexibility index (Phi) is 6.04. The molecule has 6 nitrogen and oxygen atoms in total. The van der Waals surface area contributed by atoms with Crippen molar-refractivity contribution in [3.05, 3.63) is 71.2 Å². The maximum atomic E-state index is 13.0. The third-order valence-corrected chi connectivity index (χ3v) is 7.03. The van der Waals surface area contributed by atoms with Crippen molar-refractivity contribution in [3.8, 4) is 10.4 Å². The molecule has 2 amide bonds. The molecule has 31 heavy (non-hydrogen) atoms. The molecular weight excluding hydrogens is 408 g/mol. The van der Waals surface area contributed by atoms with Gasteiger partial charge in [-0.05, 0) is 54.0 Å². The molecule has 0 aliphatic carbocycles. The van der Waals surface area contributed by atoms with Crippen LogP contribution >= 0.6 is 11.3 Å². The summed E-state index contributed by atoms with van der Waals surface area (Å²) in [4.78, 5) is 32.7. The Morgan fingerprint density at radius 1 is 1.16 bits per heavy atom. The van der Waals surface area contributed by atoms with Gasteiger partial charge in [0.25, 0.3) is 5.91 Å². The van der Waals surface area contributed by atoms with Gasteiger partial charge < -0.3 is 16.0 Å². The van der Waals surface area contributed by atoms with E-state index >= 15 is 0 Å². The van der Waals surface area contributed by atoms with Gasteiger partial charge in [-0.2, -0.15) is 0 Å². The summed E-state index contributed by atoms with van der Waals surface area (Å²) < 4.78 is 0. The predicted molar refractivity (Wildman–Crippen MR) is 124 cm³/mol. The maximum Gasteiger partial charge on any atom is 0.254 e. The molecule has 160 valence electrons. The van der Waals surface area contributed by atoms with Crippen LogP contribution in [-0.4, -0.2) is 41.8 Å². The average Bonchev–Trinajstić information content (AvgIpc) is 3.34. The van der Waals surface area contributed by atoms with Crippen LogP contribution in [0.15, 0.2) is 60.1 Å². The van der Waals surface area contributed by atoms with Crippen LogP contribution in [0.1, 0.15) is 28.8 Å². The fourth-order valence-electron chi connectivity index (χ4n) is 4.24. The Morgan fingerprint density at radius 3 is 2.61 bits per heavy atom. The van der Waals surface area contributed by atoms with Crippen LogP contribution in [0.25, 0.3) is 10.4 Å². The lowest BCUT2D eigenvalue weighted by molar-refractivity contribution is -0.130. The third-order valence-electron chi connectivity index (χ3n) is 6.13. The Labute approximate surface area is 186 Å². The number of benzene rings is 1. The molecule has 2 aromatic heterocycles. The number of aromatic nitrogens is 1. The van der Waals surface area contributed by atoms with Crippen molar-refractivity contribution >= 4 is 29.0 Å². The SMILES string of the molecule is CNc1cc(C(=O)N2CCC(Cc3ccccc3-c3cccs3)(C(N)=O)CC2)ccn1. The first-order chi connectivity index (χ1) is 15.0. The van der Waals surface area contributed by atoms with Gasteiger partial charge in [-0.15, -0.1) is 11.3 Å². The summed E-state index contributed by atoms with van der Waals surface area (Å²) in [5.74, 6) is 0.317. The number of primary amides is 1. The first-order valence-corrected chi connectivity index (χ1v) is 11.3. The van der Waals surface area contributed by atoms with E-state index in [1.807, 2.05) is 18.2 Å². The molecule has 0 atom stereocenters. The first-order valence-electron chi connectivity index (χ1n) is 10.4. The lowest BCUT2D eigenvalue weighted by atomic mass is 9.72. The second-order valence-corrected chi connectivity index (χ2v) is 8.88. The lowest BCUT2D eigenvalue weighted by Gasteiger charge is -2.40. The van der Waals surface area contributed by atoms with Gasteiger partial charge in [-0.25, -0.2) is 4.98 Å². The molecule has 0 unspecified atom stereocenters. The van der Waals surface area contributed by atoms with Gasteiger partial charge in [0.15, 0.2) is 0 Å². The number of carbonyl (C=O) groups is 2. The number of anilines is 1. The molecule has 0 radical (unpaired) electrons. The Bertz CT molecular complexity index is 1070. The van der Waals surface area contributed by atoms with E-state index in [1.165, 1.54) is 4.88 Å². The number of thiophene rings is 1. The molecule has 1 aliphatic heterocycles. The van der Waals surface area contributed by atoms with Gasteiger partial charge in [-0.3, -0.25) is 9.59 Å². The van der Waals surface area contributed by atoms with Gasteiger partial charge >= 0.3 is 0 Å². The van der Waals surface area contributed by atoms with Crippen LogP contribution in [0.5, 0.6) is 0 Å². The fourth-order valence-corrected chi connectivity index (χ4v) is 5.03. The monoisotopic (exact) mass is 434 g/mol. The highest BCUT2D eigenvalue weighted by Gasteiger charge is 2.41. The topological polar surface area (TPSA) is 88.3 Å². The molecule has 0 saturated carbocycles. The number of piperidine rings is 1. The summed E-state index contributed by atoms with van der Waals surface area (Å²) in [5, 5.41) is 5.01. The van der Waals surface area contributed by atoms with Crippen molar-refractivity contribution in [3.63, 3.8) is 0 Å². The molecule has 1 saturated heterocycles. The number of pyridine rings is 1. The summed E-state index contributed by atoms with van der Waals surface area (Å²) in [6, 6.07) is 15.8. The summed E-state index contributed by atoms with van der Waals surface area (Å²) in [5.41, 5.74) is 8.14. The zero-order valence-electron chi connectivity index (χ0n) is 17.5. The minimum Gasteiger partial charge on any atom is -0.373 e. The van der Waals surface area contributed by atoms with Crippen molar-refractivity contribution in [2.75, 3.05) is 25.5 Å². The number of likely N-dealkylation sites (tertiary alicyclic amines) is 1. The first kappa shape index (κ1) is 21.1. The molecule has 1 aliphatic rings. The van der Waals surface area contributed by atoms with Crippen molar-refractivity contribution in [2.45, 2.75) is 19.3 Å². The molecule has 3 N–H and O–H groups in total. The smallest absolute Gasteiger partial charge is 0.254 e. The number of hydrogen-bond acceptors (Lipinski definition) is 5. The predicted octanol–water partition coefficient (Wildman–Crippen LogP) is 3.80. The van der Waals surface area contributed by atoms with Crippen molar-refractivity contribution in [2.24, 2.45) is 11.1 Å². The lowest BCUT2D eigenvalue weighted by Crippen LogP contribution is -2.50. The standard InChI is InChI=1S/C24H26N4O2S/c1-26-21-15-17(8-11-27-21)22(29)28-12-9-24(10-13-28,23(25)30)16-18-5-2-3-6-19(18)20-7-4-14-31-20/h2-8,11,14-15H,9-10,12-13,16H2,1H3,(H2,25,30)(H,26,27). The number of carbonyl (C=O) groups excluding carboxylic acids is 2. The largest absolute Gasteiger partial charge is 0.373 e. The molecule has 7 heteroatoms. The Balaban J connectivity index is 1.53. The van der Waals surface area contributed by atoms with E-state index in [4.69, 9.17) is 5.73 Å². The van der Waals surface area contributed by atoms with E-state index in [0.29, 0.717) is 43.7 Å². The summed E-state index contributed by atoms with van der Waals surface area (Å²) in [7, 11) is 1.77. The number of nitrogens with one attached hydrogen (secondary N) is 1. The van der Waals surface area contributed by atoms with E-state index in [9.17, 15) is 9.59 Å². The Morgan fingerprint density at radius 2 is 1.94 bits per heavy atom. The minimum absolute atomic E-state index is 0.0454. The maximum absolute atomic E-state index is 13.0. The van der Waals surface area contributed by atoms with Crippen LogP contribution in [0, 0.1) is 5.41 Å². The highest BCUT2D eigenvalue weighted by atomic mass is 32.1. The summed E-state index contributed by atoms with van der Waals surface area (Å²) in [6.07, 6.45) is 3.31. The van der Waals surface area contributed by atoms with Crippen molar-refractivity contribution in [1.29, 1.82) is 0 Å². The van der Waals surface area contributed by atoms with Crippen LogP contribution in [0.2, 0.25) is 0 Å². The van der Waals surface area contributed by atoms with Gasteiger partial charge in [0.2, 0.25) is 5.91 Å². The van der Waals surface area contributed by atoms with Crippen LogP contribution in [0.4, 0.5) is 5.82 Å². The average molecular weight is 435 g/mol. The quantitative estimate of drug-likeness (QED) is 0.618. The highest BCUT2D eigenvalue weighted by Crippen LogP contribution is 2.39. The second-order valence-electron chi connectivity index (χ2n) is 7.93. The number of rotatable bonds is 6. The van der Waals surface area contributed by atoms with Crippen LogP contribution in [0.3, 0.4) is 0 Å². The number of nitrogens with zero attached hydrogens (tertiary/aromatic N) is 2. The van der Waals surface area contributed by atoms with E-state index < -0.39 is 5.41 Å². The fraction of sp³-hybridized carbons (Fsp3) is 0.292. The van der Waals surface area contributed by atoms with Gasteiger partial charge in [0, 0.05) is 36.8 Å². The molecule has 4 rings (SSSR count). The molecular formula is C24H26N4O2S. The van der Waals surface area contributed by atoms with Crippen molar-refractivity contribution in [1.82, 2.24) is 9.88 Å². The van der Waals surface area contributed by atoms with E-state index in [1.54, 1.807) is 41.6 Å². The van der Waals surface area contributed by atoms with Crippen LogP contribution in [-0.2, 0) is 11.2 Å². The van der Waals surface area contributed by atoms with Crippen LogP contribution < -0.4 is 11.1 Å². The summed E-state index contributed by atoms with van der Waals surface area (Å²) in [6.45, 7) is 1.00.